The summed E-state index contributed by atoms with van der Waals surface area (Å²) in [5.41, 5.74) is 0.613. The van der Waals surface area contributed by atoms with Crippen molar-refractivity contribution in [2.45, 2.75) is 6.54 Å². The van der Waals surface area contributed by atoms with Crippen molar-refractivity contribution in [3.8, 4) is 0 Å². The molecule has 0 fully saturated rings. The summed E-state index contributed by atoms with van der Waals surface area (Å²) in [4.78, 5) is 0. The van der Waals surface area contributed by atoms with Gasteiger partial charge in [-0.2, -0.15) is 0 Å². The molecule has 1 aromatic heterocycles. The summed E-state index contributed by atoms with van der Waals surface area (Å²) in [7, 11) is 1.67. The highest BCUT2D eigenvalue weighted by molar-refractivity contribution is 5.26. The standard InChI is InChI=1S/C9H9F2N5/c1-16-9(13-14-15-16)12-5-6-2-3-7(10)8(11)4-6/h2-4H,5H2,1H3,(H,12,13,15). The average Bonchev–Trinajstić information content (AvgIpc) is 2.66. The van der Waals surface area contributed by atoms with E-state index in [9.17, 15) is 8.78 Å². The summed E-state index contributed by atoms with van der Waals surface area (Å²) >= 11 is 0. The van der Waals surface area contributed by atoms with E-state index in [1.165, 1.54) is 10.7 Å². The van der Waals surface area contributed by atoms with Crippen molar-refractivity contribution in [2.75, 3.05) is 5.32 Å². The molecule has 1 heterocycles. The molecule has 0 spiro atoms. The molecular formula is C9H9F2N5. The number of hydrogen-bond donors (Lipinski definition) is 1. The fourth-order valence-electron chi connectivity index (χ4n) is 1.21. The van der Waals surface area contributed by atoms with Crippen molar-refractivity contribution >= 4 is 5.95 Å². The minimum atomic E-state index is -0.865. The Labute approximate surface area is 90.1 Å². The smallest absolute Gasteiger partial charge is 0.242 e. The van der Waals surface area contributed by atoms with Gasteiger partial charge in [-0.15, -0.1) is 0 Å². The van der Waals surface area contributed by atoms with Crippen LogP contribution in [-0.4, -0.2) is 20.2 Å². The number of tetrazole rings is 1. The van der Waals surface area contributed by atoms with Crippen LogP contribution in [0.3, 0.4) is 0 Å². The maximum Gasteiger partial charge on any atom is 0.242 e. The minimum absolute atomic E-state index is 0.325. The molecule has 0 aliphatic rings. The quantitative estimate of drug-likeness (QED) is 0.849. The van der Waals surface area contributed by atoms with Gasteiger partial charge in [0.2, 0.25) is 5.95 Å². The highest BCUT2D eigenvalue weighted by Gasteiger charge is 2.04. The predicted octanol–water partition coefficient (Wildman–Crippen LogP) is 1.10. The van der Waals surface area contributed by atoms with Crippen LogP contribution in [0.1, 0.15) is 5.56 Å². The van der Waals surface area contributed by atoms with Gasteiger partial charge in [-0.3, -0.25) is 0 Å². The number of nitrogens with zero attached hydrogens (tertiary/aromatic N) is 4. The van der Waals surface area contributed by atoms with Crippen LogP contribution in [0.15, 0.2) is 18.2 Å². The maximum absolute atomic E-state index is 12.9. The lowest BCUT2D eigenvalue weighted by molar-refractivity contribution is 0.507. The Hall–Kier alpha value is -2.05. The Morgan fingerprint density at radius 2 is 2.12 bits per heavy atom. The monoisotopic (exact) mass is 225 g/mol. The second kappa shape index (κ2) is 4.21. The summed E-state index contributed by atoms with van der Waals surface area (Å²) in [6.45, 7) is 0.325. The number of halogens is 2. The molecule has 16 heavy (non-hydrogen) atoms. The van der Waals surface area contributed by atoms with Gasteiger partial charge in [0.25, 0.3) is 0 Å². The first-order chi connectivity index (χ1) is 7.66. The largest absolute Gasteiger partial charge is 0.349 e. The van der Waals surface area contributed by atoms with E-state index in [0.717, 1.165) is 12.1 Å². The fourth-order valence-corrected chi connectivity index (χ4v) is 1.21. The predicted molar refractivity (Wildman–Crippen MR) is 52.5 cm³/mol. The van der Waals surface area contributed by atoms with Gasteiger partial charge in [-0.25, -0.2) is 13.5 Å². The van der Waals surface area contributed by atoms with Gasteiger partial charge in [0, 0.05) is 13.6 Å². The van der Waals surface area contributed by atoms with Crippen LogP contribution in [-0.2, 0) is 13.6 Å². The van der Waals surface area contributed by atoms with E-state index in [-0.39, 0.29) is 0 Å². The molecule has 5 nitrogen and oxygen atoms in total. The molecule has 0 saturated carbocycles. The number of hydrogen-bond acceptors (Lipinski definition) is 4. The van der Waals surface area contributed by atoms with E-state index < -0.39 is 11.6 Å². The van der Waals surface area contributed by atoms with Gasteiger partial charge in [0.15, 0.2) is 11.6 Å². The van der Waals surface area contributed by atoms with Gasteiger partial charge in [-0.1, -0.05) is 11.2 Å². The Bertz CT molecular complexity index is 496. The molecule has 1 aromatic carbocycles. The van der Waals surface area contributed by atoms with Crippen LogP contribution in [0, 0.1) is 11.6 Å². The molecule has 7 heteroatoms. The molecule has 0 aliphatic heterocycles. The lowest BCUT2D eigenvalue weighted by Crippen LogP contribution is -2.06. The van der Waals surface area contributed by atoms with Crippen molar-refractivity contribution in [3.63, 3.8) is 0 Å². The second-order valence-electron chi connectivity index (χ2n) is 3.23. The lowest BCUT2D eigenvalue weighted by atomic mass is 10.2. The minimum Gasteiger partial charge on any atom is -0.349 e. The van der Waals surface area contributed by atoms with Gasteiger partial charge < -0.3 is 5.32 Å². The third-order valence-electron chi connectivity index (χ3n) is 2.05. The number of rotatable bonds is 3. The van der Waals surface area contributed by atoms with Crippen LogP contribution in [0.2, 0.25) is 0 Å². The second-order valence-corrected chi connectivity index (χ2v) is 3.23. The summed E-state index contributed by atoms with van der Waals surface area (Å²) < 4.78 is 27.0. The Morgan fingerprint density at radius 3 is 2.75 bits per heavy atom. The zero-order valence-corrected chi connectivity index (χ0v) is 8.48. The molecule has 0 radical (unpaired) electrons. The number of anilines is 1. The third kappa shape index (κ3) is 2.13. The Morgan fingerprint density at radius 1 is 1.31 bits per heavy atom. The lowest BCUT2D eigenvalue weighted by Gasteiger charge is -2.04. The number of aromatic nitrogens is 4. The van der Waals surface area contributed by atoms with Crippen LogP contribution in [0.5, 0.6) is 0 Å². The van der Waals surface area contributed by atoms with E-state index >= 15 is 0 Å². The van der Waals surface area contributed by atoms with Crippen molar-refractivity contribution in [1.29, 1.82) is 0 Å². The topological polar surface area (TPSA) is 55.6 Å². The SMILES string of the molecule is Cn1nnnc1NCc1ccc(F)c(F)c1. The van der Waals surface area contributed by atoms with Crippen molar-refractivity contribution in [1.82, 2.24) is 20.2 Å². The average molecular weight is 225 g/mol. The molecule has 2 rings (SSSR count). The van der Waals surface area contributed by atoms with Crippen LogP contribution >= 0.6 is 0 Å². The zero-order chi connectivity index (χ0) is 11.5. The fraction of sp³-hybridized carbons (Fsp3) is 0.222. The van der Waals surface area contributed by atoms with Crippen LogP contribution in [0.25, 0.3) is 0 Å². The maximum atomic E-state index is 12.9. The van der Waals surface area contributed by atoms with E-state index in [0.29, 0.717) is 18.1 Å². The number of aryl methyl sites for hydroxylation is 1. The first-order valence-electron chi connectivity index (χ1n) is 4.57. The molecule has 0 bridgehead atoms. The van der Waals surface area contributed by atoms with Gasteiger partial charge in [-0.05, 0) is 28.1 Å². The van der Waals surface area contributed by atoms with Crippen LogP contribution in [0.4, 0.5) is 14.7 Å². The summed E-state index contributed by atoms with van der Waals surface area (Å²) in [6.07, 6.45) is 0. The number of nitrogens with one attached hydrogen (secondary N) is 1. The zero-order valence-electron chi connectivity index (χ0n) is 8.48. The van der Waals surface area contributed by atoms with E-state index in [2.05, 4.69) is 20.8 Å². The van der Waals surface area contributed by atoms with Gasteiger partial charge in [0.05, 0.1) is 0 Å². The van der Waals surface area contributed by atoms with Crippen LogP contribution < -0.4 is 5.32 Å². The van der Waals surface area contributed by atoms with Gasteiger partial charge in [0.1, 0.15) is 0 Å². The molecule has 0 atom stereocenters. The summed E-state index contributed by atoms with van der Waals surface area (Å²) in [5.74, 6) is -1.26. The van der Waals surface area contributed by atoms with Crippen molar-refractivity contribution < 1.29 is 8.78 Å². The third-order valence-corrected chi connectivity index (χ3v) is 2.05. The first-order valence-corrected chi connectivity index (χ1v) is 4.57. The number of benzene rings is 1. The van der Waals surface area contributed by atoms with Crippen molar-refractivity contribution in [3.05, 3.63) is 35.4 Å². The molecule has 2 aromatic rings. The molecule has 0 saturated heterocycles. The summed E-state index contributed by atoms with van der Waals surface area (Å²) in [5, 5.41) is 13.6. The van der Waals surface area contributed by atoms with Gasteiger partial charge >= 0.3 is 0 Å². The molecule has 0 aliphatic carbocycles. The van der Waals surface area contributed by atoms with E-state index in [4.69, 9.17) is 0 Å². The molecule has 0 amide bonds. The molecular weight excluding hydrogens is 216 g/mol. The Kier molecular flexibility index (Phi) is 2.76. The molecule has 0 unspecified atom stereocenters. The van der Waals surface area contributed by atoms with E-state index in [1.54, 1.807) is 7.05 Å². The Balaban J connectivity index is 2.05. The van der Waals surface area contributed by atoms with E-state index in [1.807, 2.05) is 0 Å². The molecule has 1 N–H and O–H groups in total. The molecule has 84 valence electrons. The summed E-state index contributed by atoms with van der Waals surface area (Å²) in [6, 6.07) is 3.71. The normalized spacial score (nSPS) is 10.4. The highest BCUT2D eigenvalue weighted by Crippen LogP contribution is 2.09. The highest BCUT2D eigenvalue weighted by atomic mass is 19.2. The van der Waals surface area contributed by atoms with Crippen molar-refractivity contribution in [2.24, 2.45) is 7.05 Å². The first kappa shape index (κ1) is 10.5.